The molecule has 1 saturated heterocycles. The van der Waals surface area contributed by atoms with Gasteiger partial charge in [0, 0.05) is 43.1 Å². The standard InChI is InChI=1S/C43H46N4O4/c1-4-36(5-2)45-37-26-38(28-44-27-37)46-42(48)34-14-12-32(13-15-34)33-16-20-39(21-17-33)50-29-31-8-18-40(19-9-31)51-41-22-24-47(25-23-41)43(49)35-10-6-30(3)7-11-35/h6-21,26-28,36,41,45H,4-5,22-25,29H2,1-3H3,(H,46,48). The van der Waals surface area contributed by atoms with Gasteiger partial charge < -0.3 is 25.0 Å². The van der Waals surface area contributed by atoms with Gasteiger partial charge in [0.1, 0.15) is 24.2 Å². The summed E-state index contributed by atoms with van der Waals surface area (Å²) in [5.74, 6) is 1.51. The number of likely N-dealkylation sites (tertiary alicyclic amines) is 1. The van der Waals surface area contributed by atoms with Gasteiger partial charge in [-0.15, -0.1) is 0 Å². The summed E-state index contributed by atoms with van der Waals surface area (Å²) in [6.45, 7) is 8.14. The third-order valence-electron chi connectivity index (χ3n) is 9.35. The molecule has 1 aliphatic rings. The van der Waals surface area contributed by atoms with Crippen molar-refractivity contribution in [2.45, 2.75) is 65.2 Å². The summed E-state index contributed by atoms with van der Waals surface area (Å²) in [5.41, 5.74) is 7.10. The van der Waals surface area contributed by atoms with E-state index in [1.165, 1.54) is 0 Å². The summed E-state index contributed by atoms with van der Waals surface area (Å²) in [4.78, 5) is 32.0. The van der Waals surface area contributed by atoms with Crippen molar-refractivity contribution in [3.05, 3.63) is 138 Å². The van der Waals surface area contributed by atoms with Crippen molar-refractivity contribution in [1.29, 1.82) is 0 Å². The molecule has 1 aromatic heterocycles. The SMILES string of the molecule is CCC(CC)Nc1cncc(NC(=O)c2ccc(-c3ccc(OCc4ccc(OC5CCN(C(=O)c6ccc(C)cc6)CC5)cc4)cc3)cc2)c1. The van der Waals surface area contributed by atoms with Crippen LogP contribution in [0.15, 0.2) is 116 Å². The minimum absolute atomic E-state index is 0.0863. The summed E-state index contributed by atoms with van der Waals surface area (Å²) < 4.78 is 12.3. The molecular weight excluding hydrogens is 636 g/mol. The quantitative estimate of drug-likeness (QED) is 0.129. The molecule has 1 aliphatic heterocycles. The van der Waals surface area contributed by atoms with Crippen molar-refractivity contribution in [3.8, 4) is 22.6 Å². The molecule has 2 N–H and O–H groups in total. The van der Waals surface area contributed by atoms with Crippen LogP contribution >= 0.6 is 0 Å². The van der Waals surface area contributed by atoms with Crippen molar-refractivity contribution in [1.82, 2.24) is 9.88 Å². The molecule has 0 unspecified atom stereocenters. The Hall–Kier alpha value is -5.63. The van der Waals surface area contributed by atoms with E-state index in [0.717, 1.165) is 70.7 Å². The number of pyridine rings is 1. The van der Waals surface area contributed by atoms with Crippen LogP contribution in [0.5, 0.6) is 11.5 Å². The number of aryl methyl sites for hydroxylation is 1. The molecule has 0 spiro atoms. The molecule has 0 radical (unpaired) electrons. The van der Waals surface area contributed by atoms with E-state index in [1.54, 1.807) is 12.4 Å². The summed E-state index contributed by atoms with van der Waals surface area (Å²) in [7, 11) is 0. The predicted octanol–water partition coefficient (Wildman–Crippen LogP) is 9.17. The zero-order chi connectivity index (χ0) is 35.6. The number of nitrogens with one attached hydrogen (secondary N) is 2. The summed E-state index contributed by atoms with van der Waals surface area (Å²) >= 11 is 0. The normalized spacial score (nSPS) is 13.1. The van der Waals surface area contributed by atoms with Gasteiger partial charge in [-0.3, -0.25) is 14.6 Å². The third-order valence-corrected chi connectivity index (χ3v) is 9.35. The Balaban J connectivity index is 0.944. The fraction of sp³-hybridized carbons (Fsp3) is 0.279. The first-order valence-corrected chi connectivity index (χ1v) is 17.8. The van der Waals surface area contributed by atoms with Gasteiger partial charge in [-0.2, -0.15) is 0 Å². The molecule has 2 heterocycles. The van der Waals surface area contributed by atoms with Gasteiger partial charge in [0.25, 0.3) is 11.8 Å². The van der Waals surface area contributed by atoms with E-state index in [0.29, 0.717) is 37.0 Å². The van der Waals surface area contributed by atoms with Crippen LogP contribution in [0, 0.1) is 6.92 Å². The van der Waals surface area contributed by atoms with E-state index < -0.39 is 0 Å². The maximum absolute atomic E-state index is 12.9. The number of benzene rings is 4. The molecule has 4 aromatic carbocycles. The van der Waals surface area contributed by atoms with Crippen LogP contribution in [0.25, 0.3) is 11.1 Å². The van der Waals surface area contributed by atoms with Gasteiger partial charge in [-0.1, -0.05) is 67.9 Å². The van der Waals surface area contributed by atoms with Crippen LogP contribution in [0.3, 0.4) is 0 Å². The highest BCUT2D eigenvalue weighted by atomic mass is 16.5. The Morgan fingerprint density at radius 3 is 2.00 bits per heavy atom. The lowest BCUT2D eigenvalue weighted by Crippen LogP contribution is -2.41. The van der Waals surface area contributed by atoms with Gasteiger partial charge in [0.15, 0.2) is 0 Å². The molecule has 1 fully saturated rings. The molecule has 0 bridgehead atoms. The fourth-order valence-corrected chi connectivity index (χ4v) is 6.16. The molecule has 5 aromatic rings. The zero-order valence-electron chi connectivity index (χ0n) is 29.6. The van der Waals surface area contributed by atoms with Crippen LogP contribution in [-0.4, -0.2) is 46.9 Å². The van der Waals surface area contributed by atoms with Crippen LogP contribution in [0.2, 0.25) is 0 Å². The topological polar surface area (TPSA) is 92.8 Å². The van der Waals surface area contributed by atoms with Gasteiger partial charge in [-0.05, 0) is 91.1 Å². The van der Waals surface area contributed by atoms with E-state index in [4.69, 9.17) is 9.47 Å². The largest absolute Gasteiger partial charge is 0.490 e. The van der Waals surface area contributed by atoms with Crippen molar-refractivity contribution < 1.29 is 19.1 Å². The second-order valence-electron chi connectivity index (χ2n) is 13.1. The van der Waals surface area contributed by atoms with Gasteiger partial charge in [0.05, 0.1) is 23.8 Å². The average Bonchev–Trinajstić information content (AvgIpc) is 3.17. The highest BCUT2D eigenvalue weighted by molar-refractivity contribution is 6.04. The summed E-state index contributed by atoms with van der Waals surface area (Å²) in [6.07, 6.45) is 7.17. The number of hydrogen-bond acceptors (Lipinski definition) is 6. The number of carbonyl (C=O) groups excluding carboxylic acids is 2. The maximum Gasteiger partial charge on any atom is 0.255 e. The Labute approximate surface area is 300 Å². The second kappa shape index (κ2) is 16.9. The Kier molecular flexibility index (Phi) is 11.6. The number of carbonyl (C=O) groups is 2. The van der Waals surface area contributed by atoms with E-state index in [2.05, 4.69) is 29.5 Å². The number of rotatable bonds is 13. The number of amides is 2. The lowest BCUT2D eigenvalue weighted by molar-refractivity contribution is 0.0595. The van der Waals surface area contributed by atoms with Crippen molar-refractivity contribution in [2.75, 3.05) is 23.7 Å². The molecule has 6 rings (SSSR count). The zero-order valence-corrected chi connectivity index (χ0v) is 29.6. The monoisotopic (exact) mass is 682 g/mol. The minimum atomic E-state index is -0.182. The number of ether oxygens (including phenoxy) is 2. The second-order valence-corrected chi connectivity index (χ2v) is 13.1. The van der Waals surface area contributed by atoms with Crippen LogP contribution < -0.4 is 20.1 Å². The first kappa shape index (κ1) is 35.2. The molecule has 0 atom stereocenters. The van der Waals surface area contributed by atoms with E-state index in [-0.39, 0.29) is 17.9 Å². The first-order chi connectivity index (χ1) is 24.9. The van der Waals surface area contributed by atoms with Gasteiger partial charge in [0.2, 0.25) is 0 Å². The van der Waals surface area contributed by atoms with Crippen LogP contribution in [0.4, 0.5) is 11.4 Å². The highest BCUT2D eigenvalue weighted by Gasteiger charge is 2.24. The molecule has 8 heteroatoms. The summed E-state index contributed by atoms with van der Waals surface area (Å²) in [5, 5.41) is 6.42. The van der Waals surface area contributed by atoms with Crippen molar-refractivity contribution >= 4 is 23.2 Å². The lowest BCUT2D eigenvalue weighted by atomic mass is 10.0. The number of piperidine rings is 1. The Morgan fingerprint density at radius 1 is 0.765 bits per heavy atom. The number of nitrogens with zero attached hydrogens (tertiary/aromatic N) is 2. The van der Waals surface area contributed by atoms with E-state index >= 15 is 0 Å². The molecule has 0 saturated carbocycles. The van der Waals surface area contributed by atoms with Crippen LogP contribution in [0.1, 0.15) is 71.4 Å². The van der Waals surface area contributed by atoms with E-state index in [1.807, 2.05) is 115 Å². The highest BCUT2D eigenvalue weighted by Crippen LogP contribution is 2.25. The predicted molar refractivity (Wildman–Crippen MR) is 204 cm³/mol. The summed E-state index contributed by atoms with van der Waals surface area (Å²) in [6, 6.07) is 33.6. The molecule has 51 heavy (non-hydrogen) atoms. The smallest absolute Gasteiger partial charge is 0.255 e. The molecule has 262 valence electrons. The van der Waals surface area contributed by atoms with Crippen molar-refractivity contribution in [2.24, 2.45) is 0 Å². The Morgan fingerprint density at radius 2 is 1.35 bits per heavy atom. The van der Waals surface area contributed by atoms with Crippen LogP contribution in [-0.2, 0) is 6.61 Å². The average molecular weight is 683 g/mol. The van der Waals surface area contributed by atoms with Crippen molar-refractivity contribution in [3.63, 3.8) is 0 Å². The van der Waals surface area contributed by atoms with Gasteiger partial charge in [-0.25, -0.2) is 0 Å². The molecule has 2 amide bonds. The molecule has 0 aliphatic carbocycles. The Bertz CT molecular complexity index is 1880. The molecule has 8 nitrogen and oxygen atoms in total. The number of hydrogen-bond donors (Lipinski definition) is 2. The third kappa shape index (κ3) is 9.54. The molecular formula is C43H46N4O4. The first-order valence-electron chi connectivity index (χ1n) is 17.8. The van der Waals surface area contributed by atoms with E-state index in [9.17, 15) is 9.59 Å². The van der Waals surface area contributed by atoms with Gasteiger partial charge >= 0.3 is 0 Å². The number of aromatic nitrogens is 1. The minimum Gasteiger partial charge on any atom is -0.490 e. The lowest BCUT2D eigenvalue weighted by Gasteiger charge is -2.32. The fourth-order valence-electron chi connectivity index (χ4n) is 6.16. The number of anilines is 2. The maximum atomic E-state index is 12.9.